The third kappa shape index (κ3) is 9.75. The fourth-order valence-electron chi connectivity index (χ4n) is 3.20. The summed E-state index contributed by atoms with van der Waals surface area (Å²) in [4.78, 5) is 51.5. The Bertz CT molecular complexity index is 859. The van der Waals surface area contributed by atoms with Gasteiger partial charge in [-0.3, -0.25) is 14.1 Å². The fourth-order valence-corrected chi connectivity index (χ4v) is 3.90. The minimum atomic E-state index is -4.78. The molecule has 0 radical (unpaired) electrons. The molecule has 1 heterocycles. The minimum absolute atomic E-state index is 0.0379. The van der Waals surface area contributed by atoms with Gasteiger partial charge in [-0.25, -0.2) is 9.59 Å². The molecule has 0 saturated carbocycles. The summed E-state index contributed by atoms with van der Waals surface area (Å²) >= 11 is 0. The molecule has 192 valence electrons. The molecule has 2 atom stereocenters. The number of rotatable bonds is 12. The molecule has 0 aromatic rings. The molecule has 1 aliphatic heterocycles. The second-order valence-electron chi connectivity index (χ2n) is 7.61. The van der Waals surface area contributed by atoms with Gasteiger partial charge in [0, 0.05) is 6.54 Å². The summed E-state index contributed by atoms with van der Waals surface area (Å²) < 4.78 is 46.9. The van der Waals surface area contributed by atoms with Crippen LogP contribution in [0.15, 0.2) is 12.2 Å². The van der Waals surface area contributed by atoms with E-state index in [1.54, 1.807) is 0 Å². The van der Waals surface area contributed by atoms with Crippen LogP contribution in [0, 0.1) is 0 Å². The van der Waals surface area contributed by atoms with Crippen molar-refractivity contribution in [3.63, 3.8) is 0 Å². The van der Waals surface area contributed by atoms with Gasteiger partial charge in [-0.1, -0.05) is 12.2 Å². The molecule has 1 saturated heterocycles. The highest BCUT2D eigenvalue weighted by Gasteiger charge is 2.48. The van der Waals surface area contributed by atoms with E-state index >= 15 is 0 Å². The van der Waals surface area contributed by atoms with Gasteiger partial charge in [-0.05, 0) is 32.1 Å². The van der Waals surface area contributed by atoms with Gasteiger partial charge in [-0.15, -0.1) is 5.06 Å². The predicted octanol–water partition coefficient (Wildman–Crippen LogP) is 0.498. The van der Waals surface area contributed by atoms with Crippen LogP contribution in [0.5, 0.6) is 0 Å². The van der Waals surface area contributed by atoms with E-state index in [0.717, 1.165) is 32.1 Å². The lowest BCUT2D eigenvalue weighted by atomic mass is 10.0. The molecule has 0 spiro atoms. The molecule has 3 amide bonds. The van der Waals surface area contributed by atoms with Gasteiger partial charge >= 0.3 is 12.1 Å². The monoisotopic (exact) mass is 506 g/mol. The molecular formula is C20H30N2O11S. The summed E-state index contributed by atoms with van der Waals surface area (Å²) in [6.45, 7) is 0.739. The first-order chi connectivity index (χ1) is 16.2. The van der Waals surface area contributed by atoms with Crippen molar-refractivity contribution in [2.24, 2.45) is 0 Å². The summed E-state index contributed by atoms with van der Waals surface area (Å²) in [5.41, 5.74) is 0. The molecule has 0 aromatic carbocycles. The van der Waals surface area contributed by atoms with Crippen LogP contribution in [-0.4, -0.2) is 86.2 Å². The largest absolute Gasteiger partial charge is 0.446 e. The maximum atomic E-state index is 11.8. The Morgan fingerprint density at radius 3 is 2.47 bits per heavy atom. The molecular weight excluding hydrogens is 476 g/mol. The number of ether oxygens (including phenoxy) is 3. The molecule has 2 unspecified atom stereocenters. The van der Waals surface area contributed by atoms with E-state index in [9.17, 15) is 27.6 Å². The number of alkyl carbamates (subject to hydrolysis) is 1. The second-order valence-corrected chi connectivity index (χ2v) is 9.20. The number of hydrogen-bond donors (Lipinski definition) is 2. The van der Waals surface area contributed by atoms with Gasteiger partial charge in [0.1, 0.15) is 6.10 Å². The third-order valence-corrected chi connectivity index (χ3v) is 6.03. The Labute approximate surface area is 197 Å². The highest BCUT2D eigenvalue weighted by molar-refractivity contribution is 7.87. The van der Waals surface area contributed by atoms with Crippen LogP contribution in [0.4, 0.5) is 4.79 Å². The maximum absolute atomic E-state index is 11.8. The molecule has 2 N–H and O–H groups in total. The number of amides is 3. The Morgan fingerprint density at radius 2 is 1.76 bits per heavy atom. The number of hydroxylamine groups is 2. The maximum Gasteiger partial charge on any atom is 0.407 e. The van der Waals surface area contributed by atoms with Gasteiger partial charge < -0.3 is 24.4 Å². The fraction of sp³-hybridized carbons (Fsp3) is 0.700. The van der Waals surface area contributed by atoms with Crippen LogP contribution in [0.1, 0.15) is 44.9 Å². The van der Waals surface area contributed by atoms with Crippen LogP contribution in [-0.2, 0) is 43.5 Å². The molecule has 1 fully saturated rings. The predicted molar refractivity (Wildman–Crippen MR) is 115 cm³/mol. The van der Waals surface area contributed by atoms with Gasteiger partial charge in [0.15, 0.2) is 5.25 Å². The Hall–Kier alpha value is -2.55. The van der Waals surface area contributed by atoms with E-state index in [1.807, 2.05) is 0 Å². The van der Waals surface area contributed by atoms with E-state index in [1.165, 1.54) is 0 Å². The lowest BCUT2D eigenvalue weighted by Crippen LogP contribution is -2.36. The third-order valence-electron chi connectivity index (χ3n) is 4.95. The molecule has 13 nitrogen and oxygen atoms in total. The summed E-state index contributed by atoms with van der Waals surface area (Å²) in [5, 5.41) is 0.680. The van der Waals surface area contributed by atoms with Crippen molar-refractivity contribution in [2.75, 3.05) is 33.0 Å². The number of hydrogen-bond acceptors (Lipinski definition) is 10. The minimum Gasteiger partial charge on any atom is -0.446 e. The Morgan fingerprint density at radius 1 is 1.06 bits per heavy atom. The van der Waals surface area contributed by atoms with Crippen molar-refractivity contribution >= 4 is 34.0 Å². The number of imide groups is 1. The summed E-state index contributed by atoms with van der Waals surface area (Å²) in [6.07, 6.45) is 7.09. The van der Waals surface area contributed by atoms with E-state index in [2.05, 4.69) is 22.3 Å². The zero-order valence-corrected chi connectivity index (χ0v) is 19.5. The SMILES string of the molecule is O=C(CCOCCOCCNC(=O)OC1CC/C=C/CCC1)ON1C(=O)CC(S(=O)(=O)O)C1=O. The summed E-state index contributed by atoms with van der Waals surface area (Å²) in [6, 6.07) is 0. The van der Waals surface area contributed by atoms with Crippen LogP contribution in [0.3, 0.4) is 0 Å². The first kappa shape index (κ1) is 27.7. The number of allylic oxidation sites excluding steroid dienone is 2. The zero-order valence-electron chi connectivity index (χ0n) is 18.7. The van der Waals surface area contributed by atoms with Crippen molar-refractivity contribution in [1.29, 1.82) is 0 Å². The molecule has 0 aromatic heterocycles. The Balaban J connectivity index is 1.47. The van der Waals surface area contributed by atoms with Gasteiger partial charge in [0.05, 0.1) is 39.3 Å². The van der Waals surface area contributed by atoms with E-state index in [-0.39, 0.29) is 50.6 Å². The van der Waals surface area contributed by atoms with Crippen molar-refractivity contribution in [3.8, 4) is 0 Å². The number of carbonyl (C=O) groups is 4. The van der Waals surface area contributed by atoms with E-state index < -0.39 is 45.7 Å². The highest BCUT2D eigenvalue weighted by atomic mass is 32.2. The van der Waals surface area contributed by atoms with Gasteiger partial charge in [-0.2, -0.15) is 8.42 Å². The highest BCUT2D eigenvalue weighted by Crippen LogP contribution is 2.20. The molecule has 1 aliphatic carbocycles. The van der Waals surface area contributed by atoms with Gasteiger partial charge in [0.2, 0.25) is 0 Å². The first-order valence-corrected chi connectivity index (χ1v) is 12.5. The van der Waals surface area contributed by atoms with Gasteiger partial charge in [0.25, 0.3) is 21.9 Å². The van der Waals surface area contributed by atoms with Crippen molar-refractivity contribution in [2.45, 2.75) is 56.3 Å². The quantitative estimate of drug-likeness (QED) is 0.163. The number of nitrogens with zero attached hydrogens (tertiary/aromatic N) is 1. The van der Waals surface area contributed by atoms with Crippen LogP contribution >= 0.6 is 0 Å². The zero-order chi connectivity index (χ0) is 25.0. The standard InChI is InChI=1S/C20H30N2O11S/c23-17-14-16(34(27,28)29)19(25)22(17)33-18(24)8-10-30-12-13-31-11-9-21-20(26)32-15-6-4-2-1-3-5-7-15/h1-2,15-16H,3-14H2,(H,21,26)(H,27,28,29)/b2-1+. The topological polar surface area (TPSA) is 175 Å². The lowest BCUT2D eigenvalue weighted by Gasteiger charge is -2.18. The average Bonchev–Trinajstić information content (AvgIpc) is 3.03. The normalized spacial score (nSPS) is 22.1. The number of nitrogens with one attached hydrogen (secondary N) is 1. The van der Waals surface area contributed by atoms with E-state index in [4.69, 9.17) is 18.8 Å². The Kier molecular flexibility index (Phi) is 11.4. The van der Waals surface area contributed by atoms with Crippen molar-refractivity contribution in [1.82, 2.24) is 10.4 Å². The average molecular weight is 507 g/mol. The van der Waals surface area contributed by atoms with Crippen LogP contribution in [0.25, 0.3) is 0 Å². The first-order valence-electron chi connectivity index (χ1n) is 11.0. The molecule has 2 aliphatic rings. The molecule has 0 bridgehead atoms. The molecule has 14 heteroatoms. The molecule has 34 heavy (non-hydrogen) atoms. The van der Waals surface area contributed by atoms with Crippen molar-refractivity contribution in [3.05, 3.63) is 12.2 Å². The molecule has 2 rings (SSSR count). The van der Waals surface area contributed by atoms with E-state index in [0.29, 0.717) is 0 Å². The summed E-state index contributed by atoms with van der Waals surface area (Å²) in [5.74, 6) is -3.36. The lowest BCUT2D eigenvalue weighted by molar-refractivity contribution is -0.198. The van der Waals surface area contributed by atoms with Crippen molar-refractivity contribution < 1.29 is 51.2 Å². The second kappa shape index (κ2) is 14.0. The smallest absolute Gasteiger partial charge is 0.407 e. The van der Waals surface area contributed by atoms with Crippen LogP contribution < -0.4 is 5.32 Å². The number of carbonyl (C=O) groups excluding carboxylic acids is 4. The summed E-state index contributed by atoms with van der Waals surface area (Å²) in [7, 11) is -4.78. The van der Waals surface area contributed by atoms with Crippen LogP contribution in [0.2, 0.25) is 0 Å².